The average molecular weight is 529 g/mol. The molecule has 1 N–H and O–H groups in total. The molecule has 0 aliphatic heterocycles. The Morgan fingerprint density at radius 2 is 1.92 bits per heavy atom. The first-order valence-corrected chi connectivity index (χ1v) is 12.7. The number of esters is 1. The van der Waals surface area contributed by atoms with Crippen LogP contribution >= 0.6 is 11.3 Å². The molecule has 3 aromatic heterocycles. The second kappa shape index (κ2) is 9.97. The lowest BCUT2D eigenvalue weighted by Gasteiger charge is -2.13. The van der Waals surface area contributed by atoms with Crippen molar-refractivity contribution in [3.05, 3.63) is 69.9 Å². The molecule has 0 bridgehead atoms. The van der Waals surface area contributed by atoms with Gasteiger partial charge in [-0.3, -0.25) is 4.79 Å². The van der Waals surface area contributed by atoms with Gasteiger partial charge in [0.15, 0.2) is 11.3 Å². The molecule has 1 amide bonds. The van der Waals surface area contributed by atoms with Gasteiger partial charge in [0, 0.05) is 10.4 Å². The Hall–Kier alpha value is -3.73. The number of hydrogen-bond acceptors (Lipinski definition) is 6. The first-order valence-electron chi connectivity index (χ1n) is 11.9. The summed E-state index contributed by atoms with van der Waals surface area (Å²) in [6.07, 6.45) is 0.372. The lowest BCUT2D eigenvalue weighted by molar-refractivity contribution is -0.142. The molecule has 0 atom stereocenters. The molecule has 1 aliphatic rings. The monoisotopic (exact) mass is 528 g/mol. The zero-order valence-corrected chi connectivity index (χ0v) is 20.7. The fourth-order valence-electron chi connectivity index (χ4n) is 4.39. The number of hydrogen-bond donors (Lipinski definition) is 1. The third-order valence-corrected chi connectivity index (χ3v) is 7.32. The van der Waals surface area contributed by atoms with E-state index in [4.69, 9.17) is 4.74 Å². The second-order valence-electron chi connectivity index (χ2n) is 8.69. The molecule has 4 aromatic rings. The normalized spacial score (nSPS) is 13.4. The van der Waals surface area contributed by atoms with Crippen LogP contribution in [0.4, 0.5) is 18.2 Å². The molecule has 0 fully saturated rings. The first-order chi connectivity index (χ1) is 17.8. The number of aromatic nitrogens is 3. The smallest absolute Gasteiger partial charge is 0.433 e. The van der Waals surface area contributed by atoms with Crippen molar-refractivity contribution in [1.82, 2.24) is 14.6 Å². The highest BCUT2D eigenvalue weighted by molar-refractivity contribution is 7.17. The van der Waals surface area contributed by atoms with Crippen molar-refractivity contribution >= 4 is 33.9 Å². The van der Waals surface area contributed by atoms with Gasteiger partial charge in [-0.1, -0.05) is 37.3 Å². The van der Waals surface area contributed by atoms with Crippen LogP contribution in [0.15, 0.2) is 42.6 Å². The Balaban J connectivity index is 1.57. The molecule has 7 nitrogen and oxygen atoms in total. The van der Waals surface area contributed by atoms with Gasteiger partial charge in [-0.2, -0.15) is 18.3 Å². The number of alkyl halides is 3. The predicted molar refractivity (Wildman–Crippen MR) is 133 cm³/mol. The highest BCUT2D eigenvalue weighted by Gasteiger charge is 2.36. The molecule has 0 radical (unpaired) electrons. The molecular weight excluding hydrogens is 505 g/mol. The number of halogens is 3. The van der Waals surface area contributed by atoms with E-state index in [9.17, 15) is 22.8 Å². The van der Waals surface area contributed by atoms with E-state index in [2.05, 4.69) is 15.4 Å². The van der Waals surface area contributed by atoms with Crippen LogP contribution in [0.25, 0.3) is 16.9 Å². The van der Waals surface area contributed by atoms with Crippen LogP contribution in [-0.4, -0.2) is 33.1 Å². The van der Waals surface area contributed by atoms with E-state index < -0.39 is 23.7 Å². The molecular formula is C26H23F3N4O3S. The number of carbonyl (C=O) groups is 2. The van der Waals surface area contributed by atoms with Gasteiger partial charge < -0.3 is 10.1 Å². The number of rotatable bonds is 6. The zero-order valence-electron chi connectivity index (χ0n) is 19.9. The number of thiophene rings is 1. The SMILES string of the molecule is CCCOC(=O)c1c(NC(=O)c2cnn3c(C(F)(F)F)cc(-c4ccccc4)nc23)sc2c1CCCC2. The summed E-state index contributed by atoms with van der Waals surface area (Å²) >= 11 is 1.30. The molecule has 37 heavy (non-hydrogen) atoms. The van der Waals surface area contributed by atoms with Crippen molar-refractivity contribution in [2.45, 2.75) is 45.2 Å². The number of ether oxygens (including phenoxy) is 1. The molecule has 0 saturated carbocycles. The van der Waals surface area contributed by atoms with Crippen molar-refractivity contribution in [2.24, 2.45) is 0 Å². The van der Waals surface area contributed by atoms with E-state index in [0.717, 1.165) is 42.0 Å². The predicted octanol–water partition coefficient (Wildman–Crippen LogP) is 6.17. The zero-order chi connectivity index (χ0) is 26.2. The van der Waals surface area contributed by atoms with Gasteiger partial charge in [0.2, 0.25) is 0 Å². The Kier molecular flexibility index (Phi) is 6.72. The molecule has 5 rings (SSSR count). The maximum Gasteiger partial charge on any atom is 0.433 e. The van der Waals surface area contributed by atoms with Crippen molar-refractivity contribution in [3.63, 3.8) is 0 Å². The molecule has 0 spiro atoms. The van der Waals surface area contributed by atoms with E-state index in [1.54, 1.807) is 30.3 Å². The van der Waals surface area contributed by atoms with Crippen LogP contribution in [-0.2, 0) is 23.8 Å². The number of nitrogens with zero attached hydrogens (tertiary/aromatic N) is 3. The number of nitrogens with one attached hydrogen (secondary N) is 1. The van der Waals surface area contributed by atoms with Crippen LogP contribution in [0.1, 0.15) is 63.0 Å². The Labute approximate surface area is 214 Å². The highest BCUT2D eigenvalue weighted by Crippen LogP contribution is 2.39. The Morgan fingerprint density at radius 3 is 2.65 bits per heavy atom. The summed E-state index contributed by atoms with van der Waals surface area (Å²) in [7, 11) is 0. The van der Waals surface area contributed by atoms with Crippen LogP contribution in [0.3, 0.4) is 0 Å². The number of amides is 1. The van der Waals surface area contributed by atoms with E-state index in [1.807, 2.05) is 6.92 Å². The summed E-state index contributed by atoms with van der Waals surface area (Å²) in [5, 5.41) is 6.90. The maximum atomic E-state index is 13.9. The number of fused-ring (bicyclic) bond motifs is 2. The van der Waals surface area contributed by atoms with E-state index in [1.165, 1.54) is 11.3 Å². The molecule has 0 unspecified atom stereocenters. The van der Waals surface area contributed by atoms with Crippen LogP contribution < -0.4 is 5.32 Å². The van der Waals surface area contributed by atoms with Crippen molar-refractivity contribution in [2.75, 3.05) is 11.9 Å². The minimum atomic E-state index is -4.73. The lowest BCUT2D eigenvalue weighted by atomic mass is 9.95. The van der Waals surface area contributed by atoms with Gasteiger partial charge >= 0.3 is 12.1 Å². The molecule has 1 aromatic carbocycles. The van der Waals surface area contributed by atoms with Crippen LogP contribution in [0, 0.1) is 0 Å². The number of benzene rings is 1. The van der Waals surface area contributed by atoms with E-state index in [-0.39, 0.29) is 23.5 Å². The quantitative estimate of drug-likeness (QED) is 0.302. The fourth-order valence-corrected chi connectivity index (χ4v) is 5.66. The molecule has 11 heteroatoms. The van der Waals surface area contributed by atoms with Crippen molar-refractivity contribution in [1.29, 1.82) is 0 Å². The molecule has 0 saturated heterocycles. The second-order valence-corrected chi connectivity index (χ2v) is 9.79. The van der Waals surface area contributed by atoms with Crippen LogP contribution in [0.2, 0.25) is 0 Å². The van der Waals surface area contributed by atoms with Gasteiger partial charge in [0.25, 0.3) is 5.91 Å². The Bertz CT molecular complexity index is 1480. The first kappa shape index (κ1) is 24.9. The van der Waals surface area contributed by atoms with Gasteiger partial charge in [-0.25, -0.2) is 14.3 Å². The van der Waals surface area contributed by atoms with Gasteiger partial charge in [-0.05, 0) is 43.7 Å². The molecule has 3 heterocycles. The maximum absolute atomic E-state index is 13.9. The van der Waals surface area contributed by atoms with Crippen LogP contribution in [0.5, 0.6) is 0 Å². The van der Waals surface area contributed by atoms with E-state index >= 15 is 0 Å². The van der Waals surface area contributed by atoms with Gasteiger partial charge in [0.05, 0.1) is 24.1 Å². The molecule has 192 valence electrons. The third kappa shape index (κ3) is 4.83. The summed E-state index contributed by atoms with van der Waals surface area (Å²) in [5.74, 6) is -1.22. The lowest BCUT2D eigenvalue weighted by Crippen LogP contribution is -2.17. The minimum absolute atomic E-state index is 0.0606. The van der Waals surface area contributed by atoms with Crippen molar-refractivity contribution in [3.8, 4) is 11.3 Å². The Morgan fingerprint density at radius 1 is 1.16 bits per heavy atom. The summed E-state index contributed by atoms with van der Waals surface area (Å²) < 4.78 is 47.7. The summed E-state index contributed by atoms with van der Waals surface area (Å²) in [5.41, 5.74) is 0.305. The topological polar surface area (TPSA) is 85.6 Å². The summed E-state index contributed by atoms with van der Waals surface area (Å²) in [4.78, 5) is 31.6. The van der Waals surface area contributed by atoms with Gasteiger partial charge in [-0.15, -0.1) is 11.3 Å². The highest BCUT2D eigenvalue weighted by atomic mass is 32.1. The summed E-state index contributed by atoms with van der Waals surface area (Å²) in [6.45, 7) is 2.13. The van der Waals surface area contributed by atoms with Gasteiger partial charge in [0.1, 0.15) is 10.6 Å². The minimum Gasteiger partial charge on any atom is -0.462 e. The average Bonchev–Trinajstić information content (AvgIpc) is 3.47. The third-order valence-electron chi connectivity index (χ3n) is 6.12. The standard InChI is InChI=1S/C26H23F3N4O3S/c1-2-12-36-25(35)21-16-10-6-7-11-19(16)37-24(21)32-23(34)17-14-30-33-20(26(27,28)29)13-18(31-22(17)33)15-8-4-3-5-9-15/h3-5,8-9,13-14H,2,6-7,10-12H2,1H3,(H,32,34). The number of carbonyl (C=O) groups excluding carboxylic acids is 2. The number of aryl methyl sites for hydroxylation is 1. The summed E-state index contributed by atoms with van der Waals surface area (Å²) in [6, 6.07) is 9.31. The largest absolute Gasteiger partial charge is 0.462 e. The molecule has 1 aliphatic carbocycles. The van der Waals surface area contributed by atoms with Crippen molar-refractivity contribution < 1.29 is 27.5 Å². The fraction of sp³-hybridized carbons (Fsp3) is 0.308. The van der Waals surface area contributed by atoms with E-state index in [0.29, 0.717) is 33.5 Å². The number of anilines is 1.